The molecule has 2 aliphatic carbocycles. The fraction of sp³-hybridized carbons (Fsp3) is 0.700. The van der Waals surface area contributed by atoms with Crippen LogP contribution in [0.3, 0.4) is 0 Å². The summed E-state index contributed by atoms with van der Waals surface area (Å²) in [5.41, 5.74) is -0.196. The van der Waals surface area contributed by atoms with Crippen LogP contribution in [0.15, 0.2) is 12.7 Å². The molecule has 0 radical (unpaired) electrons. The summed E-state index contributed by atoms with van der Waals surface area (Å²) in [6.45, 7) is 4.41. The highest BCUT2D eigenvalue weighted by Gasteiger charge is 2.58. The van der Waals surface area contributed by atoms with Crippen molar-refractivity contribution >= 4 is 0 Å². The molecule has 2 saturated carbocycles. The van der Waals surface area contributed by atoms with Crippen LogP contribution in [0.1, 0.15) is 19.3 Å². The fourth-order valence-corrected chi connectivity index (χ4v) is 2.42. The lowest BCUT2D eigenvalue weighted by molar-refractivity contribution is 0.394. The van der Waals surface area contributed by atoms with E-state index in [9.17, 15) is 0 Å². The van der Waals surface area contributed by atoms with Crippen molar-refractivity contribution in [2.75, 3.05) is 6.54 Å². The van der Waals surface area contributed by atoms with Gasteiger partial charge in [-0.15, -0.1) is 6.58 Å². The molecule has 3 atom stereocenters. The van der Waals surface area contributed by atoms with E-state index in [0.717, 1.165) is 18.9 Å². The average Bonchev–Trinajstić information content (AvgIpc) is 2.81. The van der Waals surface area contributed by atoms with Gasteiger partial charge in [0.25, 0.3) is 0 Å². The van der Waals surface area contributed by atoms with Crippen molar-refractivity contribution in [3.05, 3.63) is 12.7 Å². The van der Waals surface area contributed by atoms with Gasteiger partial charge in [0, 0.05) is 6.54 Å². The lowest BCUT2D eigenvalue weighted by Crippen LogP contribution is -2.44. The monoisotopic (exact) mass is 162 g/mol. The lowest BCUT2D eigenvalue weighted by Gasteiger charge is -2.23. The molecule has 0 spiro atoms. The summed E-state index contributed by atoms with van der Waals surface area (Å²) >= 11 is 0. The predicted octanol–water partition coefficient (Wildman–Crippen LogP) is 1.45. The first-order chi connectivity index (χ1) is 5.82. The molecule has 2 aliphatic rings. The minimum absolute atomic E-state index is 0.196. The van der Waals surface area contributed by atoms with Crippen molar-refractivity contribution < 1.29 is 0 Å². The summed E-state index contributed by atoms with van der Waals surface area (Å²) in [5.74, 6) is 1.49. The van der Waals surface area contributed by atoms with Crippen LogP contribution in [-0.4, -0.2) is 12.1 Å². The third-order valence-electron chi connectivity index (χ3n) is 3.23. The first-order valence-electron chi connectivity index (χ1n) is 4.59. The van der Waals surface area contributed by atoms with Gasteiger partial charge in [-0.05, 0) is 31.1 Å². The average molecular weight is 162 g/mol. The standard InChI is InChI=1S/C10H14N2/c1-2-5-12-10(7-11)4-3-8-6-9(8)10/h2,8-9,12H,1,3-6H2. The molecule has 12 heavy (non-hydrogen) atoms. The number of nitrogens with zero attached hydrogens (tertiary/aromatic N) is 1. The molecule has 0 heterocycles. The number of hydrogen-bond acceptors (Lipinski definition) is 2. The Labute approximate surface area is 73.3 Å². The lowest BCUT2D eigenvalue weighted by atomic mass is 9.95. The van der Waals surface area contributed by atoms with E-state index in [4.69, 9.17) is 5.26 Å². The fourth-order valence-electron chi connectivity index (χ4n) is 2.42. The maximum Gasteiger partial charge on any atom is 0.110 e. The van der Waals surface area contributed by atoms with E-state index in [1.807, 2.05) is 6.08 Å². The quantitative estimate of drug-likeness (QED) is 0.638. The largest absolute Gasteiger partial charge is 0.296 e. The Morgan fingerprint density at radius 1 is 1.75 bits per heavy atom. The SMILES string of the molecule is C=CCNC1(C#N)CCC2CC21. The zero-order valence-corrected chi connectivity index (χ0v) is 7.21. The molecule has 0 aromatic rings. The van der Waals surface area contributed by atoms with Crippen molar-refractivity contribution in [2.24, 2.45) is 11.8 Å². The van der Waals surface area contributed by atoms with Gasteiger partial charge in [-0.1, -0.05) is 6.08 Å². The number of nitriles is 1. The third-order valence-corrected chi connectivity index (χ3v) is 3.23. The summed E-state index contributed by atoms with van der Waals surface area (Å²) in [7, 11) is 0. The van der Waals surface area contributed by atoms with E-state index in [-0.39, 0.29) is 5.54 Å². The maximum absolute atomic E-state index is 9.09. The second-order valence-electron chi connectivity index (χ2n) is 3.89. The maximum atomic E-state index is 9.09. The Kier molecular flexibility index (Phi) is 1.69. The number of nitrogens with one attached hydrogen (secondary N) is 1. The van der Waals surface area contributed by atoms with Crippen molar-refractivity contribution in [3.63, 3.8) is 0 Å². The smallest absolute Gasteiger partial charge is 0.110 e. The van der Waals surface area contributed by atoms with Crippen LogP contribution < -0.4 is 5.32 Å². The Morgan fingerprint density at radius 2 is 2.58 bits per heavy atom. The molecule has 0 aromatic carbocycles. The molecule has 3 unspecified atom stereocenters. The summed E-state index contributed by atoms with van der Waals surface area (Å²) in [4.78, 5) is 0. The highest BCUT2D eigenvalue weighted by Crippen LogP contribution is 2.57. The van der Waals surface area contributed by atoms with Crippen LogP contribution in [-0.2, 0) is 0 Å². The molecule has 2 nitrogen and oxygen atoms in total. The molecule has 2 fully saturated rings. The molecule has 2 rings (SSSR count). The van der Waals surface area contributed by atoms with Gasteiger partial charge in [-0.25, -0.2) is 0 Å². The Morgan fingerprint density at radius 3 is 3.00 bits per heavy atom. The highest BCUT2D eigenvalue weighted by atomic mass is 15.0. The molecule has 0 bridgehead atoms. The Bertz CT molecular complexity index is 241. The minimum atomic E-state index is -0.196. The topological polar surface area (TPSA) is 35.8 Å². The summed E-state index contributed by atoms with van der Waals surface area (Å²) in [6, 6.07) is 2.44. The van der Waals surface area contributed by atoms with E-state index >= 15 is 0 Å². The van der Waals surface area contributed by atoms with Gasteiger partial charge in [-0.2, -0.15) is 5.26 Å². The molecule has 0 aliphatic heterocycles. The van der Waals surface area contributed by atoms with Gasteiger partial charge in [-0.3, -0.25) is 5.32 Å². The van der Waals surface area contributed by atoms with E-state index in [1.54, 1.807) is 0 Å². The third kappa shape index (κ3) is 0.971. The Balaban J connectivity index is 2.04. The first-order valence-corrected chi connectivity index (χ1v) is 4.59. The summed E-state index contributed by atoms with van der Waals surface area (Å²) in [5, 5.41) is 12.4. The minimum Gasteiger partial charge on any atom is -0.296 e. The predicted molar refractivity (Wildman–Crippen MR) is 47.4 cm³/mol. The summed E-state index contributed by atoms with van der Waals surface area (Å²) < 4.78 is 0. The molecule has 1 N–H and O–H groups in total. The van der Waals surface area contributed by atoms with Gasteiger partial charge in [0.1, 0.15) is 5.54 Å². The van der Waals surface area contributed by atoms with Crippen LogP contribution >= 0.6 is 0 Å². The number of rotatable bonds is 3. The van der Waals surface area contributed by atoms with Crippen LogP contribution in [0, 0.1) is 23.2 Å². The first kappa shape index (κ1) is 7.82. The van der Waals surface area contributed by atoms with Gasteiger partial charge in [0.2, 0.25) is 0 Å². The van der Waals surface area contributed by atoms with Crippen LogP contribution in [0.25, 0.3) is 0 Å². The van der Waals surface area contributed by atoms with Gasteiger partial charge >= 0.3 is 0 Å². The van der Waals surface area contributed by atoms with Gasteiger partial charge in [0.15, 0.2) is 0 Å². The van der Waals surface area contributed by atoms with E-state index in [1.165, 1.54) is 12.8 Å². The van der Waals surface area contributed by atoms with Crippen LogP contribution in [0.5, 0.6) is 0 Å². The van der Waals surface area contributed by atoms with Crippen molar-refractivity contribution in [2.45, 2.75) is 24.8 Å². The molecule has 0 amide bonds. The Hall–Kier alpha value is -0.810. The van der Waals surface area contributed by atoms with Crippen molar-refractivity contribution in [1.29, 1.82) is 5.26 Å². The second-order valence-corrected chi connectivity index (χ2v) is 3.89. The van der Waals surface area contributed by atoms with E-state index < -0.39 is 0 Å². The molecular formula is C10H14N2. The van der Waals surface area contributed by atoms with Crippen molar-refractivity contribution in [1.82, 2.24) is 5.32 Å². The molecule has 2 heteroatoms. The normalized spacial score (nSPS) is 43.2. The van der Waals surface area contributed by atoms with Crippen LogP contribution in [0.2, 0.25) is 0 Å². The zero-order valence-electron chi connectivity index (χ0n) is 7.21. The number of hydrogen-bond donors (Lipinski definition) is 1. The highest BCUT2D eigenvalue weighted by molar-refractivity contribution is 5.22. The molecule has 0 saturated heterocycles. The zero-order chi connectivity index (χ0) is 8.60. The van der Waals surface area contributed by atoms with Gasteiger partial charge < -0.3 is 0 Å². The van der Waals surface area contributed by atoms with E-state index in [2.05, 4.69) is 18.0 Å². The molecule has 0 aromatic heterocycles. The second kappa shape index (κ2) is 2.60. The summed E-state index contributed by atoms with van der Waals surface area (Å²) in [6.07, 6.45) is 5.36. The van der Waals surface area contributed by atoms with Crippen molar-refractivity contribution in [3.8, 4) is 6.07 Å². The molecular weight excluding hydrogens is 148 g/mol. The number of fused-ring (bicyclic) bond motifs is 1. The van der Waals surface area contributed by atoms with Gasteiger partial charge in [0.05, 0.1) is 6.07 Å². The molecule has 64 valence electrons. The van der Waals surface area contributed by atoms with E-state index in [0.29, 0.717) is 5.92 Å². The van der Waals surface area contributed by atoms with Crippen LogP contribution in [0.4, 0.5) is 0 Å².